The van der Waals surface area contributed by atoms with E-state index >= 15 is 0 Å². The van der Waals surface area contributed by atoms with Crippen LogP contribution in [0, 0.1) is 0 Å². The molecule has 3 aromatic carbocycles. The molecule has 1 aromatic heterocycles. The van der Waals surface area contributed by atoms with E-state index in [1.54, 1.807) is 12.1 Å². The van der Waals surface area contributed by atoms with Crippen LogP contribution in [0.25, 0.3) is 11.0 Å². The summed E-state index contributed by atoms with van der Waals surface area (Å²) in [6.07, 6.45) is 4.05. The van der Waals surface area contributed by atoms with Gasteiger partial charge in [0.05, 0.1) is 16.6 Å². The van der Waals surface area contributed by atoms with Crippen molar-refractivity contribution in [2.45, 2.75) is 32.6 Å². The Bertz CT molecular complexity index is 1270. The molecular formula is C27H25NO3. The Hall–Kier alpha value is -3.66. The molecule has 0 saturated heterocycles. The van der Waals surface area contributed by atoms with Crippen LogP contribution in [0.5, 0.6) is 11.5 Å². The molecule has 0 atom stereocenters. The van der Waals surface area contributed by atoms with Crippen LogP contribution in [0.4, 0.5) is 5.69 Å². The van der Waals surface area contributed by atoms with E-state index < -0.39 is 0 Å². The van der Waals surface area contributed by atoms with Gasteiger partial charge in [-0.2, -0.15) is 0 Å². The molecule has 31 heavy (non-hydrogen) atoms. The maximum Gasteiger partial charge on any atom is 0.201 e. The molecule has 0 N–H and O–H groups in total. The standard InChI is InChI=1S/C27H25NO3/c1-4-27(2,3)20-9-13-22(14-10-20)31-23-15-11-21(12-16-23)28-17-19-18-30-25-8-6-5-7-24(25)26(19)29/h5-18H,4H2,1-3H3. The van der Waals surface area contributed by atoms with Crippen LogP contribution in [-0.4, -0.2) is 6.21 Å². The molecule has 4 heteroatoms. The molecule has 0 spiro atoms. The molecule has 0 unspecified atom stereocenters. The van der Waals surface area contributed by atoms with Gasteiger partial charge in [0.15, 0.2) is 0 Å². The molecule has 4 rings (SSSR count). The van der Waals surface area contributed by atoms with Gasteiger partial charge in [-0.1, -0.05) is 45.0 Å². The fourth-order valence-corrected chi connectivity index (χ4v) is 3.24. The van der Waals surface area contributed by atoms with Crippen LogP contribution in [-0.2, 0) is 5.41 Å². The van der Waals surface area contributed by atoms with Crippen molar-refractivity contribution in [3.05, 3.63) is 100 Å². The molecule has 0 fully saturated rings. The molecule has 0 amide bonds. The van der Waals surface area contributed by atoms with E-state index in [2.05, 4.69) is 37.9 Å². The highest BCUT2D eigenvalue weighted by molar-refractivity contribution is 5.87. The third-order valence-corrected chi connectivity index (χ3v) is 5.65. The Balaban J connectivity index is 1.46. The van der Waals surface area contributed by atoms with Crippen molar-refractivity contribution in [3.8, 4) is 11.5 Å². The van der Waals surface area contributed by atoms with Crippen molar-refractivity contribution in [2.24, 2.45) is 4.99 Å². The minimum Gasteiger partial charge on any atom is -0.463 e. The lowest BCUT2D eigenvalue weighted by atomic mass is 9.82. The van der Waals surface area contributed by atoms with E-state index in [1.165, 1.54) is 18.0 Å². The van der Waals surface area contributed by atoms with E-state index in [-0.39, 0.29) is 10.8 Å². The van der Waals surface area contributed by atoms with Crippen molar-refractivity contribution >= 4 is 22.9 Å². The predicted molar refractivity (Wildman–Crippen MR) is 126 cm³/mol. The molecule has 156 valence electrons. The van der Waals surface area contributed by atoms with Crippen molar-refractivity contribution in [2.75, 3.05) is 0 Å². The van der Waals surface area contributed by atoms with Crippen molar-refractivity contribution in [3.63, 3.8) is 0 Å². The first-order chi connectivity index (χ1) is 15.0. The number of benzene rings is 3. The van der Waals surface area contributed by atoms with E-state index in [0.717, 1.165) is 23.6 Å². The SMILES string of the molecule is CCC(C)(C)c1ccc(Oc2ccc(N=Cc3coc4ccccc4c3=O)cc2)cc1. The quantitative estimate of drug-likeness (QED) is 0.320. The Morgan fingerprint density at radius 2 is 1.58 bits per heavy atom. The van der Waals surface area contributed by atoms with Gasteiger partial charge in [-0.25, -0.2) is 0 Å². The van der Waals surface area contributed by atoms with Gasteiger partial charge in [-0.05, 0) is 65.9 Å². The molecule has 4 aromatic rings. The van der Waals surface area contributed by atoms with Crippen molar-refractivity contribution < 1.29 is 9.15 Å². The molecular weight excluding hydrogens is 386 g/mol. The zero-order chi connectivity index (χ0) is 21.8. The van der Waals surface area contributed by atoms with Crippen LogP contribution in [0.2, 0.25) is 0 Å². The van der Waals surface area contributed by atoms with Gasteiger partial charge >= 0.3 is 0 Å². The second-order valence-electron chi connectivity index (χ2n) is 8.13. The lowest BCUT2D eigenvalue weighted by molar-refractivity contribution is 0.478. The van der Waals surface area contributed by atoms with E-state index in [9.17, 15) is 4.79 Å². The topological polar surface area (TPSA) is 51.8 Å². The largest absolute Gasteiger partial charge is 0.463 e. The molecule has 0 aliphatic heterocycles. The molecule has 0 aliphatic carbocycles. The predicted octanol–water partition coefficient (Wildman–Crippen LogP) is 7.02. The number of hydrogen-bond donors (Lipinski definition) is 0. The second-order valence-corrected chi connectivity index (χ2v) is 8.13. The Labute approximate surface area is 181 Å². The first kappa shape index (κ1) is 20.6. The Kier molecular flexibility index (Phi) is 5.72. The van der Waals surface area contributed by atoms with Crippen LogP contribution >= 0.6 is 0 Å². The highest BCUT2D eigenvalue weighted by atomic mass is 16.5. The summed E-state index contributed by atoms with van der Waals surface area (Å²) in [5, 5.41) is 0.545. The van der Waals surface area contributed by atoms with Gasteiger partial charge < -0.3 is 9.15 Å². The summed E-state index contributed by atoms with van der Waals surface area (Å²) in [5.41, 5.74) is 3.05. The number of aliphatic imine (C=N–C) groups is 1. The average molecular weight is 412 g/mol. The van der Waals surface area contributed by atoms with Crippen LogP contribution < -0.4 is 10.2 Å². The van der Waals surface area contributed by atoms with Crippen molar-refractivity contribution in [1.82, 2.24) is 0 Å². The zero-order valence-corrected chi connectivity index (χ0v) is 18.0. The molecule has 1 heterocycles. The van der Waals surface area contributed by atoms with E-state index in [0.29, 0.717) is 16.5 Å². The monoisotopic (exact) mass is 411 g/mol. The van der Waals surface area contributed by atoms with Gasteiger partial charge in [-0.15, -0.1) is 0 Å². The first-order valence-corrected chi connectivity index (χ1v) is 10.4. The Morgan fingerprint density at radius 3 is 2.26 bits per heavy atom. The number of para-hydroxylation sites is 1. The van der Waals surface area contributed by atoms with Crippen LogP contribution in [0.3, 0.4) is 0 Å². The summed E-state index contributed by atoms with van der Waals surface area (Å²) in [7, 11) is 0. The molecule has 0 bridgehead atoms. The average Bonchev–Trinajstić information content (AvgIpc) is 2.80. The fraction of sp³-hybridized carbons (Fsp3) is 0.185. The highest BCUT2D eigenvalue weighted by Gasteiger charge is 2.17. The summed E-state index contributed by atoms with van der Waals surface area (Å²) in [5.74, 6) is 1.52. The minimum atomic E-state index is -0.0970. The van der Waals surface area contributed by atoms with Crippen LogP contribution in [0.1, 0.15) is 38.3 Å². The minimum absolute atomic E-state index is 0.0970. The van der Waals surface area contributed by atoms with Gasteiger partial charge in [-0.3, -0.25) is 9.79 Å². The molecule has 0 aliphatic rings. The van der Waals surface area contributed by atoms with E-state index in [1.807, 2.05) is 48.5 Å². The Morgan fingerprint density at radius 1 is 0.935 bits per heavy atom. The normalized spacial score (nSPS) is 11.8. The number of rotatable bonds is 6. The van der Waals surface area contributed by atoms with Gasteiger partial charge in [0.2, 0.25) is 5.43 Å². The lowest BCUT2D eigenvalue weighted by Crippen LogP contribution is -2.14. The molecule has 4 nitrogen and oxygen atoms in total. The number of fused-ring (bicyclic) bond motifs is 1. The summed E-state index contributed by atoms with van der Waals surface area (Å²) in [4.78, 5) is 16.9. The van der Waals surface area contributed by atoms with Crippen LogP contribution in [0.15, 0.2) is 93.3 Å². The maximum absolute atomic E-state index is 12.5. The van der Waals surface area contributed by atoms with Crippen molar-refractivity contribution in [1.29, 1.82) is 0 Å². The summed E-state index contributed by atoms with van der Waals surface area (Å²) < 4.78 is 11.5. The summed E-state index contributed by atoms with van der Waals surface area (Å²) >= 11 is 0. The lowest BCUT2D eigenvalue weighted by Gasteiger charge is -2.23. The van der Waals surface area contributed by atoms with Gasteiger partial charge in [0.25, 0.3) is 0 Å². The highest BCUT2D eigenvalue weighted by Crippen LogP contribution is 2.30. The third-order valence-electron chi connectivity index (χ3n) is 5.65. The number of hydrogen-bond acceptors (Lipinski definition) is 4. The number of nitrogens with zero attached hydrogens (tertiary/aromatic N) is 1. The zero-order valence-electron chi connectivity index (χ0n) is 18.0. The van der Waals surface area contributed by atoms with Gasteiger partial charge in [0, 0.05) is 6.21 Å². The smallest absolute Gasteiger partial charge is 0.201 e. The second kappa shape index (κ2) is 8.60. The van der Waals surface area contributed by atoms with Gasteiger partial charge in [0.1, 0.15) is 23.3 Å². The summed E-state index contributed by atoms with van der Waals surface area (Å²) in [6, 6.07) is 22.8. The molecule has 0 saturated carbocycles. The fourth-order valence-electron chi connectivity index (χ4n) is 3.24. The van der Waals surface area contributed by atoms with E-state index in [4.69, 9.17) is 9.15 Å². The maximum atomic E-state index is 12.5. The summed E-state index contributed by atoms with van der Waals surface area (Å²) in [6.45, 7) is 6.68. The number of ether oxygens (including phenoxy) is 1. The first-order valence-electron chi connectivity index (χ1n) is 10.4. The third kappa shape index (κ3) is 4.58. The molecule has 0 radical (unpaired) electrons.